The lowest BCUT2D eigenvalue weighted by molar-refractivity contribution is -0.131. The number of H-pyrrole nitrogens is 1. The molecule has 12 nitrogen and oxygen atoms in total. The number of carbonyl (C=O) groups is 4. The fourth-order valence-corrected chi connectivity index (χ4v) is 4.76. The van der Waals surface area contributed by atoms with E-state index in [1.54, 1.807) is 26.0 Å². The van der Waals surface area contributed by atoms with Gasteiger partial charge in [-0.15, -0.1) is 0 Å². The van der Waals surface area contributed by atoms with Gasteiger partial charge in [0.15, 0.2) is 0 Å². The number of urea groups is 1. The number of anilines is 1. The van der Waals surface area contributed by atoms with Crippen LogP contribution in [0.2, 0.25) is 0 Å². The van der Waals surface area contributed by atoms with Gasteiger partial charge in [-0.1, -0.05) is 32.0 Å². The SMILES string of the molecule is CC(=O)N[C@H](C(=O)N[C@@H](CCCNC(N)=O)C(=O)Nc1ccc(COc2cccc3[nH]cc(CCN(C)C)c23)cc1)C(C)C. The fourth-order valence-electron chi connectivity index (χ4n) is 4.76. The lowest BCUT2D eigenvalue weighted by Crippen LogP contribution is -2.54. The number of ether oxygens (including phenoxy) is 1. The van der Waals surface area contributed by atoms with Crippen molar-refractivity contribution in [3.63, 3.8) is 0 Å². The Morgan fingerprint density at radius 3 is 2.36 bits per heavy atom. The van der Waals surface area contributed by atoms with Crippen LogP contribution in [0.4, 0.5) is 10.5 Å². The maximum atomic E-state index is 13.3. The summed E-state index contributed by atoms with van der Waals surface area (Å²) in [5.74, 6) is -0.616. The van der Waals surface area contributed by atoms with Crippen LogP contribution in [0, 0.1) is 5.92 Å². The standard InChI is InChI=1S/C32H45N7O5/c1-20(2)29(36-21(3)40)31(42)38-26(9-7-16-34-32(33)43)30(41)37-24-13-11-22(12-14-24)19-44-27-10-6-8-25-28(27)23(18-35-25)15-17-39(4)5/h6,8,10-14,18,20,26,29,35H,7,9,15-17,19H2,1-5H3,(H,36,40)(H,37,41)(H,38,42)(H3,33,34,43)/t26-,29-/m0/s1. The summed E-state index contributed by atoms with van der Waals surface area (Å²) >= 11 is 0. The number of likely N-dealkylation sites (N-methyl/N-ethyl adjacent to an activating group) is 1. The van der Waals surface area contributed by atoms with Crippen LogP contribution in [-0.4, -0.2) is 72.9 Å². The summed E-state index contributed by atoms with van der Waals surface area (Å²) in [5, 5.41) is 11.8. The monoisotopic (exact) mass is 607 g/mol. The molecule has 0 unspecified atom stereocenters. The number of fused-ring (bicyclic) bond motifs is 1. The summed E-state index contributed by atoms with van der Waals surface area (Å²) in [6, 6.07) is 10.9. The quantitative estimate of drug-likeness (QED) is 0.137. The Balaban J connectivity index is 1.65. The molecule has 7 N–H and O–H groups in total. The molecule has 3 aromatic rings. The van der Waals surface area contributed by atoms with Crippen LogP contribution in [0.15, 0.2) is 48.7 Å². The lowest BCUT2D eigenvalue weighted by Gasteiger charge is -2.25. The van der Waals surface area contributed by atoms with Crippen molar-refractivity contribution in [3.8, 4) is 5.75 Å². The number of hydrogen-bond acceptors (Lipinski definition) is 6. The Morgan fingerprint density at radius 2 is 1.73 bits per heavy atom. The molecule has 5 amide bonds. The summed E-state index contributed by atoms with van der Waals surface area (Å²) in [6.07, 6.45) is 3.58. The minimum absolute atomic E-state index is 0.192. The molecule has 44 heavy (non-hydrogen) atoms. The second-order valence-electron chi connectivity index (χ2n) is 11.4. The van der Waals surface area contributed by atoms with Crippen LogP contribution in [0.1, 0.15) is 44.7 Å². The number of nitrogens with zero attached hydrogens (tertiary/aromatic N) is 1. The number of benzene rings is 2. The van der Waals surface area contributed by atoms with Gasteiger partial charge in [-0.25, -0.2) is 4.79 Å². The van der Waals surface area contributed by atoms with Crippen LogP contribution < -0.4 is 31.7 Å². The fraction of sp³-hybridized carbons (Fsp3) is 0.438. The van der Waals surface area contributed by atoms with E-state index in [1.807, 2.05) is 36.5 Å². The van der Waals surface area contributed by atoms with Gasteiger partial charge in [0.1, 0.15) is 24.4 Å². The molecule has 238 valence electrons. The third-order valence-electron chi connectivity index (χ3n) is 7.10. The average Bonchev–Trinajstić information content (AvgIpc) is 3.39. The molecule has 0 bridgehead atoms. The van der Waals surface area contributed by atoms with E-state index < -0.39 is 29.9 Å². The predicted molar refractivity (Wildman–Crippen MR) is 171 cm³/mol. The molecule has 2 atom stereocenters. The largest absolute Gasteiger partial charge is 0.488 e. The molecule has 1 heterocycles. The topological polar surface area (TPSA) is 171 Å². The van der Waals surface area contributed by atoms with Crippen molar-refractivity contribution in [2.75, 3.05) is 32.5 Å². The van der Waals surface area contributed by atoms with Crippen LogP contribution in [0.5, 0.6) is 5.75 Å². The van der Waals surface area contributed by atoms with Crippen molar-refractivity contribution in [2.45, 2.75) is 58.7 Å². The zero-order valence-electron chi connectivity index (χ0n) is 26.2. The van der Waals surface area contributed by atoms with Crippen molar-refractivity contribution < 1.29 is 23.9 Å². The van der Waals surface area contributed by atoms with E-state index in [-0.39, 0.29) is 24.8 Å². The van der Waals surface area contributed by atoms with Crippen molar-refractivity contribution in [1.29, 1.82) is 0 Å². The Labute approximate surface area is 258 Å². The van der Waals surface area contributed by atoms with Crippen LogP contribution in [-0.2, 0) is 27.4 Å². The van der Waals surface area contributed by atoms with Crippen molar-refractivity contribution in [3.05, 3.63) is 59.8 Å². The third-order valence-corrected chi connectivity index (χ3v) is 7.10. The van der Waals surface area contributed by atoms with E-state index in [0.717, 1.165) is 35.2 Å². The molecule has 0 aliphatic carbocycles. The molecule has 1 aromatic heterocycles. The van der Waals surface area contributed by atoms with Gasteiger partial charge >= 0.3 is 6.03 Å². The highest BCUT2D eigenvalue weighted by molar-refractivity contribution is 5.98. The summed E-state index contributed by atoms with van der Waals surface area (Å²) < 4.78 is 6.22. The van der Waals surface area contributed by atoms with Crippen molar-refractivity contribution in [2.24, 2.45) is 11.7 Å². The molecule has 12 heteroatoms. The molecule has 0 spiro atoms. The second-order valence-corrected chi connectivity index (χ2v) is 11.4. The van der Waals surface area contributed by atoms with Crippen LogP contribution in [0.25, 0.3) is 10.9 Å². The first kappa shape index (κ1) is 33.9. The van der Waals surface area contributed by atoms with Gasteiger partial charge in [-0.05, 0) is 74.7 Å². The van der Waals surface area contributed by atoms with Gasteiger partial charge in [-0.3, -0.25) is 14.4 Å². The molecule has 0 radical (unpaired) electrons. The molecular formula is C32H45N7O5. The van der Waals surface area contributed by atoms with Gasteiger partial charge < -0.3 is 41.6 Å². The average molecular weight is 608 g/mol. The van der Waals surface area contributed by atoms with Crippen LogP contribution >= 0.6 is 0 Å². The highest BCUT2D eigenvalue weighted by Crippen LogP contribution is 2.30. The van der Waals surface area contributed by atoms with E-state index in [0.29, 0.717) is 18.7 Å². The molecule has 0 aliphatic heterocycles. The van der Waals surface area contributed by atoms with Gasteiger partial charge in [0.2, 0.25) is 17.7 Å². The molecule has 0 saturated heterocycles. The Hall–Kier alpha value is -4.58. The normalized spacial score (nSPS) is 12.5. The van der Waals surface area contributed by atoms with E-state index >= 15 is 0 Å². The number of nitrogens with one attached hydrogen (secondary N) is 5. The van der Waals surface area contributed by atoms with Crippen molar-refractivity contribution >= 4 is 40.3 Å². The zero-order valence-corrected chi connectivity index (χ0v) is 26.2. The first-order valence-electron chi connectivity index (χ1n) is 14.8. The highest BCUT2D eigenvalue weighted by Gasteiger charge is 2.28. The number of nitrogens with two attached hydrogens (primary N) is 1. The molecule has 2 aromatic carbocycles. The summed E-state index contributed by atoms with van der Waals surface area (Å²) in [7, 11) is 4.10. The van der Waals surface area contributed by atoms with E-state index in [4.69, 9.17) is 10.5 Å². The summed E-state index contributed by atoms with van der Waals surface area (Å²) in [4.78, 5) is 54.4. The second kappa shape index (κ2) is 16.3. The van der Waals surface area contributed by atoms with E-state index in [2.05, 4.69) is 45.2 Å². The predicted octanol–water partition coefficient (Wildman–Crippen LogP) is 2.88. The van der Waals surface area contributed by atoms with Gasteiger partial charge in [0.05, 0.1) is 0 Å². The lowest BCUT2D eigenvalue weighted by atomic mass is 10.0. The molecule has 0 saturated carbocycles. The number of amides is 5. The zero-order chi connectivity index (χ0) is 32.2. The summed E-state index contributed by atoms with van der Waals surface area (Å²) in [6.45, 7) is 6.46. The molecular weight excluding hydrogens is 562 g/mol. The Kier molecular flexibility index (Phi) is 12.6. The Bertz CT molecular complexity index is 1420. The minimum Gasteiger partial charge on any atom is -0.488 e. The van der Waals surface area contributed by atoms with E-state index in [9.17, 15) is 19.2 Å². The third kappa shape index (κ3) is 10.3. The first-order chi connectivity index (χ1) is 20.9. The highest BCUT2D eigenvalue weighted by atomic mass is 16.5. The number of aromatic nitrogens is 1. The number of rotatable bonds is 16. The smallest absolute Gasteiger partial charge is 0.312 e. The van der Waals surface area contributed by atoms with E-state index in [1.165, 1.54) is 12.5 Å². The number of primary amides is 1. The Morgan fingerprint density at radius 1 is 1.00 bits per heavy atom. The molecule has 0 aliphatic rings. The van der Waals surface area contributed by atoms with Crippen molar-refractivity contribution in [1.82, 2.24) is 25.8 Å². The summed E-state index contributed by atoms with van der Waals surface area (Å²) in [5.41, 5.74) is 8.83. The van der Waals surface area contributed by atoms with Gasteiger partial charge in [0, 0.05) is 42.8 Å². The molecule has 3 rings (SSSR count). The first-order valence-corrected chi connectivity index (χ1v) is 14.8. The van der Waals surface area contributed by atoms with Gasteiger partial charge in [-0.2, -0.15) is 0 Å². The number of aromatic amines is 1. The maximum absolute atomic E-state index is 13.3. The van der Waals surface area contributed by atoms with Gasteiger partial charge in [0.25, 0.3) is 0 Å². The maximum Gasteiger partial charge on any atom is 0.312 e. The minimum atomic E-state index is -0.904. The van der Waals surface area contributed by atoms with Crippen LogP contribution in [0.3, 0.4) is 0 Å². The number of hydrogen-bond donors (Lipinski definition) is 6. The molecule has 0 fully saturated rings. The number of carbonyl (C=O) groups excluding carboxylic acids is 4.